The average molecular weight is 323 g/mol. The molecule has 0 aliphatic carbocycles. The van der Waals surface area contributed by atoms with Crippen LogP contribution in [0.5, 0.6) is 0 Å². The van der Waals surface area contributed by atoms with Crippen LogP contribution in [0, 0.1) is 6.92 Å². The zero-order valence-electron chi connectivity index (χ0n) is 15.1. The lowest BCUT2D eigenvalue weighted by Gasteiger charge is -2.21. The van der Waals surface area contributed by atoms with Crippen molar-refractivity contribution in [3.8, 4) is 0 Å². The summed E-state index contributed by atoms with van der Waals surface area (Å²) in [7, 11) is 1.66. The number of furan rings is 1. The molecule has 1 aromatic rings. The van der Waals surface area contributed by atoms with Gasteiger partial charge in [-0.3, -0.25) is 4.79 Å². The number of unbranched alkanes of at least 4 members (excludes halogenated alkanes) is 6. The van der Waals surface area contributed by atoms with Crippen LogP contribution in [-0.4, -0.2) is 31.1 Å². The molecule has 1 amide bonds. The predicted octanol–water partition coefficient (Wildman–Crippen LogP) is 4.70. The summed E-state index contributed by atoms with van der Waals surface area (Å²) in [6, 6.07) is 3.88. The van der Waals surface area contributed by atoms with Gasteiger partial charge in [0, 0.05) is 20.1 Å². The van der Waals surface area contributed by atoms with Gasteiger partial charge < -0.3 is 14.1 Å². The molecular weight excluding hydrogens is 290 g/mol. The smallest absolute Gasteiger partial charge is 0.223 e. The van der Waals surface area contributed by atoms with E-state index in [0.717, 1.165) is 24.4 Å². The second-order valence-corrected chi connectivity index (χ2v) is 6.19. The monoisotopic (exact) mass is 323 g/mol. The quantitative estimate of drug-likeness (QED) is 0.494. The molecular formula is C19H33NO3. The third kappa shape index (κ3) is 8.80. The number of aryl methyl sites for hydroxylation is 1. The van der Waals surface area contributed by atoms with E-state index in [9.17, 15) is 4.79 Å². The van der Waals surface area contributed by atoms with Crippen molar-refractivity contribution in [2.24, 2.45) is 0 Å². The van der Waals surface area contributed by atoms with Crippen LogP contribution in [0.25, 0.3) is 0 Å². The van der Waals surface area contributed by atoms with Gasteiger partial charge in [0.2, 0.25) is 5.91 Å². The van der Waals surface area contributed by atoms with E-state index in [1.807, 2.05) is 24.0 Å². The van der Waals surface area contributed by atoms with Crippen LogP contribution < -0.4 is 0 Å². The number of amides is 1. The summed E-state index contributed by atoms with van der Waals surface area (Å²) in [5.41, 5.74) is 0. The van der Waals surface area contributed by atoms with E-state index in [2.05, 4.69) is 6.92 Å². The van der Waals surface area contributed by atoms with Gasteiger partial charge in [-0.2, -0.15) is 0 Å². The molecule has 23 heavy (non-hydrogen) atoms. The standard InChI is InChI=1S/C19H33NO3/c1-4-5-6-7-8-9-10-11-19(21)20(14-15-22-3)16-18-13-12-17(2)23-18/h12-13H,4-11,14-16H2,1-3H3. The second kappa shape index (κ2) is 12.2. The number of nitrogens with zero attached hydrogens (tertiary/aromatic N) is 1. The lowest BCUT2D eigenvalue weighted by Crippen LogP contribution is -2.33. The molecule has 0 spiro atoms. The normalized spacial score (nSPS) is 10.9. The minimum Gasteiger partial charge on any atom is -0.464 e. The highest BCUT2D eigenvalue weighted by Crippen LogP contribution is 2.13. The molecule has 0 aliphatic heterocycles. The largest absolute Gasteiger partial charge is 0.464 e. The summed E-state index contributed by atoms with van der Waals surface area (Å²) in [6.45, 7) is 5.86. The molecule has 0 saturated carbocycles. The van der Waals surface area contributed by atoms with Crippen molar-refractivity contribution in [1.82, 2.24) is 4.90 Å². The minimum absolute atomic E-state index is 0.199. The first-order chi connectivity index (χ1) is 11.2. The number of ether oxygens (including phenoxy) is 1. The Labute approximate surface area is 141 Å². The number of hydrogen-bond donors (Lipinski definition) is 0. The highest BCUT2D eigenvalue weighted by Gasteiger charge is 2.15. The Hall–Kier alpha value is -1.29. The van der Waals surface area contributed by atoms with Crippen molar-refractivity contribution in [2.45, 2.75) is 71.8 Å². The first-order valence-corrected chi connectivity index (χ1v) is 8.99. The maximum Gasteiger partial charge on any atom is 0.223 e. The first-order valence-electron chi connectivity index (χ1n) is 8.99. The van der Waals surface area contributed by atoms with Crippen LogP contribution in [0.4, 0.5) is 0 Å². The van der Waals surface area contributed by atoms with Crippen molar-refractivity contribution < 1.29 is 13.9 Å². The van der Waals surface area contributed by atoms with Crippen molar-refractivity contribution in [3.05, 3.63) is 23.7 Å². The first kappa shape index (κ1) is 19.8. The molecule has 0 aromatic carbocycles. The molecule has 0 atom stereocenters. The zero-order valence-corrected chi connectivity index (χ0v) is 15.1. The molecule has 0 N–H and O–H groups in total. The number of carbonyl (C=O) groups is 1. The summed E-state index contributed by atoms with van der Waals surface area (Å²) in [5.74, 6) is 1.92. The molecule has 0 fully saturated rings. The molecule has 0 unspecified atom stereocenters. The summed E-state index contributed by atoms with van der Waals surface area (Å²) >= 11 is 0. The summed E-state index contributed by atoms with van der Waals surface area (Å²) in [4.78, 5) is 14.3. The lowest BCUT2D eigenvalue weighted by molar-refractivity contribution is -0.132. The SMILES string of the molecule is CCCCCCCCCC(=O)N(CCOC)Cc1ccc(C)o1. The zero-order chi connectivity index (χ0) is 16.9. The van der Waals surface area contributed by atoms with Gasteiger partial charge in [-0.05, 0) is 25.5 Å². The van der Waals surface area contributed by atoms with E-state index in [1.54, 1.807) is 7.11 Å². The molecule has 132 valence electrons. The lowest BCUT2D eigenvalue weighted by atomic mass is 10.1. The molecule has 1 heterocycles. The van der Waals surface area contributed by atoms with Gasteiger partial charge in [-0.15, -0.1) is 0 Å². The topological polar surface area (TPSA) is 42.7 Å². The van der Waals surface area contributed by atoms with E-state index in [1.165, 1.54) is 32.1 Å². The van der Waals surface area contributed by atoms with Crippen LogP contribution in [-0.2, 0) is 16.1 Å². The van der Waals surface area contributed by atoms with Crippen molar-refractivity contribution >= 4 is 5.91 Å². The van der Waals surface area contributed by atoms with E-state index in [0.29, 0.717) is 26.1 Å². The Bertz CT molecular complexity index is 428. The van der Waals surface area contributed by atoms with Gasteiger partial charge >= 0.3 is 0 Å². The maximum absolute atomic E-state index is 12.4. The highest BCUT2D eigenvalue weighted by atomic mass is 16.5. The second-order valence-electron chi connectivity index (χ2n) is 6.19. The molecule has 0 bridgehead atoms. The molecule has 4 nitrogen and oxygen atoms in total. The number of carbonyl (C=O) groups excluding carboxylic acids is 1. The van der Waals surface area contributed by atoms with E-state index in [-0.39, 0.29) is 5.91 Å². The Morgan fingerprint density at radius 3 is 2.43 bits per heavy atom. The van der Waals surface area contributed by atoms with E-state index >= 15 is 0 Å². The van der Waals surface area contributed by atoms with Gasteiger partial charge in [-0.25, -0.2) is 0 Å². The van der Waals surface area contributed by atoms with Gasteiger partial charge in [-0.1, -0.05) is 45.4 Å². The van der Waals surface area contributed by atoms with Crippen molar-refractivity contribution in [1.29, 1.82) is 0 Å². The predicted molar refractivity (Wildman–Crippen MR) is 93.3 cm³/mol. The molecule has 4 heteroatoms. The van der Waals surface area contributed by atoms with E-state index in [4.69, 9.17) is 9.15 Å². The number of rotatable bonds is 13. The van der Waals surface area contributed by atoms with Crippen LogP contribution >= 0.6 is 0 Å². The fourth-order valence-electron chi connectivity index (χ4n) is 2.64. The van der Waals surface area contributed by atoms with Gasteiger partial charge in [0.1, 0.15) is 11.5 Å². The van der Waals surface area contributed by atoms with Gasteiger partial charge in [0.15, 0.2) is 0 Å². The molecule has 1 aromatic heterocycles. The van der Waals surface area contributed by atoms with Crippen LogP contribution in [0.15, 0.2) is 16.5 Å². The third-order valence-electron chi connectivity index (χ3n) is 4.05. The fourth-order valence-corrected chi connectivity index (χ4v) is 2.64. The van der Waals surface area contributed by atoms with Crippen LogP contribution in [0.2, 0.25) is 0 Å². The fraction of sp³-hybridized carbons (Fsp3) is 0.737. The molecule has 0 aliphatic rings. The number of hydrogen-bond acceptors (Lipinski definition) is 3. The van der Waals surface area contributed by atoms with Crippen molar-refractivity contribution in [2.75, 3.05) is 20.3 Å². The van der Waals surface area contributed by atoms with Crippen LogP contribution in [0.1, 0.15) is 69.8 Å². The van der Waals surface area contributed by atoms with Gasteiger partial charge in [0.25, 0.3) is 0 Å². The van der Waals surface area contributed by atoms with Gasteiger partial charge in [0.05, 0.1) is 13.2 Å². The Morgan fingerprint density at radius 1 is 1.13 bits per heavy atom. The Balaban J connectivity index is 2.30. The Morgan fingerprint density at radius 2 is 1.83 bits per heavy atom. The van der Waals surface area contributed by atoms with E-state index < -0.39 is 0 Å². The third-order valence-corrected chi connectivity index (χ3v) is 4.05. The molecule has 1 rings (SSSR count). The molecule has 0 radical (unpaired) electrons. The van der Waals surface area contributed by atoms with Crippen molar-refractivity contribution in [3.63, 3.8) is 0 Å². The molecule has 0 saturated heterocycles. The van der Waals surface area contributed by atoms with Crippen LogP contribution in [0.3, 0.4) is 0 Å². The summed E-state index contributed by atoms with van der Waals surface area (Å²) in [6.07, 6.45) is 9.20. The number of methoxy groups -OCH3 is 1. The maximum atomic E-state index is 12.4. The Kier molecular flexibility index (Phi) is 10.5. The summed E-state index contributed by atoms with van der Waals surface area (Å²) in [5, 5.41) is 0. The minimum atomic E-state index is 0.199. The highest BCUT2D eigenvalue weighted by molar-refractivity contribution is 5.76. The summed E-state index contributed by atoms with van der Waals surface area (Å²) < 4.78 is 10.7. The average Bonchev–Trinajstić information content (AvgIpc) is 2.95.